The highest BCUT2D eigenvalue weighted by Gasteiger charge is 2.16. The van der Waals surface area contributed by atoms with Gasteiger partial charge >= 0.3 is 0 Å². The third kappa shape index (κ3) is 9.86. The predicted octanol–water partition coefficient (Wildman–Crippen LogP) is 2.09. The summed E-state index contributed by atoms with van der Waals surface area (Å²) in [5, 5.41) is 16.9. The molecule has 0 heterocycles. The Bertz CT molecular complexity index is 725. The summed E-state index contributed by atoms with van der Waals surface area (Å²) in [6.07, 6.45) is 0.968. The molecule has 0 amide bonds. The molecular formula is C16H28IN5O4S. The quantitative estimate of drug-likeness (QED) is 0.110. The molecule has 0 atom stereocenters. The van der Waals surface area contributed by atoms with Crippen molar-refractivity contribution in [2.75, 3.05) is 26.2 Å². The Hall–Kier alpha value is -1.47. The third-order valence-electron chi connectivity index (χ3n) is 3.37. The molecule has 0 fully saturated rings. The lowest BCUT2D eigenvalue weighted by Crippen LogP contribution is -2.41. The van der Waals surface area contributed by atoms with Crippen LogP contribution in [0.25, 0.3) is 0 Å². The maximum absolute atomic E-state index is 12.2. The van der Waals surface area contributed by atoms with Crippen molar-refractivity contribution in [3.05, 3.63) is 34.4 Å². The van der Waals surface area contributed by atoms with Crippen molar-refractivity contribution in [1.82, 2.24) is 15.4 Å². The number of nitrogens with one attached hydrogen (secondary N) is 3. The van der Waals surface area contributed by atoms with Crippen LogP contribution in [-0.2, 0) is 10.0 Å². The smallest absolute Gasteiger partial charge is 0.270 e. The largest absolute Gasteiger partial charge is 0.357 e. The second kappa shape index (κ2) is 12.8. The second-order valence-electron chi connectivity index (χ2n) is 6.02. The maximum Gasteiger partial charge on any atom is 0.270 e. The van der Waals surface area contributed by atoms with E-state index in [0.717, 1.165) is 12.5 Å². The number of nitro groups is 1. The Morgan fingerprint density at radius 3 is 2.56 bits per heavy atom. The Kier molecular flexibility index (Phi) is 12.1. The Labute approximate surface area is 177 Å². The van der Waals surface area contributed by atoms with Gasteiger partial charge in [-0.1, -0.05) is 19.9 Å². The van der Waals surface area contributed by atoms with Crippen LogP contribution in [0.2, 0.25) is 0 Å². The lowest BCUT2D eigenvalue weighted by Gasteiger charge is -2.12. The molecule has 0 spiro atoms. The first-order valence-electron chi connectivity index (χ1n) is 8.52. The second-order valence-corrected chi connectivity index (χ2v) is 7.79. The number of guanidine groups is 1. The van der Waals surface area contributed by atoms with E-state index in [4.69, 9.17) is 0 Å². The number of hydrogen-bond donors (Lipinski definition) is 3. The minimum atomic E-state index is -3.81. The van der Waals surface area contributed by atoms with Crippen molar-refractivity contribution < 1.29 is 13.3 Å². The van der Waals surface area contributed by atoms with E-state index in [1.807, 2.05) is 6.92 Å². The van der Waals surface area contributed by atoms with E-state index < -0.39 is 14.9 Å². The molecule has 0 saturated heterocycles. The molecule has 0 radical (unpaired) electrons. The number of sulfonamides is 1. The molecule has 27 heavy (non-hydrogen) atoms. The molecule has 0 unspecified atom stereocenters. The molecule has 0 saturated carbocycles. The van der Waals surface area contributed by atoms with Gasteiger partial charge < -0.3 is 10.6 Å². The highest BCUT2D eigenvalue weighted by molar-refractivity contribution is 14.0. The monoisotopic (exact) mass is 513 g/mol. The van der Waals surface area contributed by atoms with Crippen LogP contribution in [0.5, 0.6) is 0 Å². The molecule has 3 N–H and O–H groups in total. The zero-order chi connectivity index (χ0) is 19.6. The molecule has 9 nitrogen and oxygen atoms in total. The highest BCUT2D eigenvalue weighted by Crippen LogP contribution is 2.16. The van der Waals surface area contributed by atoms with E-state index in [1.54, 1.807) is 0 Å². The van der Waals surface area contributed by atoms with Crippen molar-refractivity contribution in [2.24, 2.45) is 10.9 Å². The van der Waals surface area contributed by atoms with Gasteiger partial charge in [0.1, 0.15) is 0 Å². The van der Waals surface area contributed by atoms with Crippen molar-refractivity contribution in [1.29, 1.82) is 0 Å². The van der Waals surface area contributed by atoms with Crippen molar-refractivity contribution in [2.45, 2.75) is 32.1 Å². The van der Waals surface area contributed by atoms with Crippen LogP contribution in [0.3, 0.4) is 0 Å². The van der Waals surface area contributed by atoms with Gasteiger partial charge in [0.05, 0.1) is 9.82 Å². The van der Waals surface area contributed by atoms with Crippen LogP contribution in [0.15, 0.2) is 34.2 Å². The standard InChI is InChI=1S/C16H27N5O4S.HI/c1-4-17-16(18-9-8-13(2)3)19-10-11-20-26(24,25)15-7-5-6-14(12-15)21(22)23;/h5-7,12-13,20H,4,8-11H2,1-3H3,(H2,17,18,19);1H. The van der Waals surface area contributed by atoms with Crippen molar-refractivity contribution in [3.63, 3.8) is 0 Å². The average Bonchev–Trinajstić information content (AvgIpc) is 2.58. The van der Waals surface area contributed by atoms with E-state index in [1.165, 1.54) is 18.2 Å². The molecule has 0 aliphatic carbocycles. The summed E-state index contributed by atoms with van der Waals surface area (Å²) in [7, 11) is -3.81. The summed E-state index contributed by atoms with van der Waals surface area (Å²) in [4.78, 5) is 14.4. The number of aliphatic imine (C=N–C) groups is 1. The lowest BCUT2D eigenvalue weighted by molar-refractivity contribution is -0.385. The van der Waals surface area contributed by atoms with Gasteiger partial charge in [0.25, 0.3) is 5.69 Å². The molecule has 0 bridgehead atoms. The Balaban J connectivity index is 0.00000676. The zero-order valence-electron chi connectivity index (χ0n) is 15.8. The summed E-state index contributed by atoms with van der Waals surface area (Å²) in [5.74, 6) is 1.19. The van der Waals surface area contributed by atoms with Crippen LogP contribution in [0.4, 0.5) is 5.69 Å². The fourth-order valence-corrected chi connectivity index (χ4v) is 3.06. The fourth-order valence-electron chi connectivity index (χ4n) is 1.99. The van der Waals surface area contributed by atoms with Crippen LogP contribution in [-0.4, -0.2) is 45.5 Å². The number of nitro benzene ring substituents is 1. The first-order chi connectivity index (χ1) is 12.3. The highest BCUT2D eigenvalue weighted by atomic mass is 127. The normalized spacial score (nSPS) is 11.8. The number of hydrogen-bond acceptors (Lipinski definition) is 5. The fraction of sp³-hybridized carbons (Fsp3) is 0.562. The summed E-state index contributed by atoms with van der Waals surface area (Å²) in [6.45, 7) is 8.04. The molecule has 1 aromatic carbocycles. The van der Waals surface area contributed by atoms with Crippen LogP contribution < -0.4 is 15.4 Å². The topological polar surface area (TPSA) is 126 Å². The summed E-state index contributed by atoms with van der Waals surface area (Å²) < 4.78 is 26.9. The molecule has 1 rings (SSSR count). The molecule has 0 aliphatic heterocycles. The van der Waals surface area contributed by atoms with E-state index in [9.17, 15) is 18.5 Å². The SMILES string of the molecule is CCNC(=NCCC(C)C)NCCNS(=O)(=O)c1cccc([N+](=O)[O-])c1.I. The molecule has 154 valence electrons. The van der Waals surface area contributed by atoms with Gasteiger partial charge in [0.15, 0.2) is 5.96 Å². The minimum Gasteiger partial charge on any atom is -0.357 e. The summed E-state index contributed by atoms with van der Waals surface area (Å²) in [5.41, 5.74) is -0.266. The first kappa shape index (κ1) is 25.5. The average molecular weight is 513 g/mol. The van der Waals surface area contributed by atoms with Gasteiger partial charge in [0, 0.05) is 38.3 Å². The number of halogens is 1. The number of benzene rings is 1. The van der Waals surface area contributed by atoms with Gasteiger partial charge in [-0.05, 0) is 25.3 Å². The van der Waals surface area contributed by atoms with E-state index in [-0.39, 0.29) is 41.1 Å². The molecule has 0 aliphatic rings. The van der Waals surface area contributed by atoms with Crippen LogP contribution in [0.1, 0.15) is 27.2 Å². The maximum atomic E-state index is 12.2. The number of non-ortho nitro benzene ring substituents is 1. The van der Waals surface area contributed by atoms with Gasteiger partial charge in [-0.3, -0.25) is 15.1 Å². The summed E-state index contributed by atoms with van der Waals surface area (Å²) in [6, 6.07) is 4.94. The van der Waals surface area contributed by atoms with Gasteiger partial charge in [-0.15, -0.1) is 24.0 Å². The number of nitrogens with zero attached hydrogens (tertiary/aromatic N) is 2. The third-order valence-corrected chi connectivity index (χ3v) is 4.83. The molecule has 1 aromatic rings. The molecule has 11 heteroatoms. The minimum absolute atomic E-state index is 0. The van der Waals surface area contributed by atoms with Crippen molar-refractivity contribution >= 4 is 45.6 Å². The van der Waals surface area contributed by atoms with Crippen LogP contribution >= 0.6 is 24.0 Å². The van der Waals surface area contributed by atoms with Gasteiger partial charge in [0.2, 0.25) is 10.0 Å². The Morgan fingerprint density at radius 1 is 1.26 bits per heavy atom. The van der Waals surface area contributed by atoms with E-state index in [2.05, 4.69) is 34.2 Å². The van der Waals surface area contributed by atoms with E-state index >= 15 is 0 Å². The van der Waals surface area contributed by atoms with Gasteiger partial charge in [-0.2, -0.15) is 0 Å². The zero-order valence-corrected chi connectivity index (χ0v) is 18.9. The first-order valence-corrected chi connectivity index (χ1v) is 10.0. The number of rotatable bonds is 10. The predicted molar refractivity (Wildman–Crippen MR) is 117 cm³/mol. The summed E-state index contributed by atoms with van der Waals surface area (Å²) >= 11 is 0. The molecular weight excluding hydrogens is 485 g/mol. The Morgan fingerprint density at radius 2 is 1.96 bits per heavy atom. The molecule has 0 aromatic heterocycles. The van der Waals surface area contributed by atoms with Crippen LogP contribution in [0, 0.1) is 16.0 Å². The van der Waals surface area contributed by atoms with E-state index in [0.29, 0.717) is 31.5 Å². The lowest BCUT2D eigenvalue weighted by atomic mass is 10.1. The van der Waals surface area contributed by atoms with Gasteiger partial charge in [-0.25, -0.2) is 13.1 Å². The van der Waals surface area contributed by atoms with Crippen molar-refractivity contribution in [3.8, 4) is 0 Å².